The minimum Gasteiger partial charge on any atom is -0.372 e. The van der Waals surface area contributed by atoms with Gasteiger partial charge in [-0.05, 0) is 37.8 Å². The van der Waals surface area contributed by atoms with Crippen molar-refractivity contribution >= 4 is 5.91 Å². The van der Waals surface area contributed by atoms with Crippen LogP contribution in [0.3, 0.4) is 0 Å². The molecule has 3 heteroatoms. The second-order valence-corrected chi connectivity index (χ2v) is 5.79. The Morgan fingerprint density at radius 2 is 1.89 bits per heavy atom. The van der Waals surface area contributed by atoms with Gasteiger partial charge in [0.1, 0.15) is 0 Å². The third kappa shape index (κ3) is 2.39. The molecule has 1 aliphatic heterocycles. The zero-order valence-electron chi connectivity index (χ0n) is 11.6. The molecule has 102 valence electrons. The number of nitrogens with zero attached hydrogens (tertiary/aromatic N) is 1. The number of benzene rings is 1. The molecule has 0 unspecified atom stereocenters. The maximum Gasteiger partial charge on any atom is 0.230 e. The lowest BCUT2D eigenvalue weighted by molar-refractivity contribution is -0.144. The smallest absolute Gasteiger partial charge is 0.230 e. The average molecular weight is 259 g/mol. The van der Waals surface area contributed by atoms with E-state index < -0.39 is 0 Å². The van der Waals surface area contributed by atoms with Crippen LogP contribution in [0.4, 0.5) is 0 Å². The van der Waals surface area contributed by atoms with Gasteiger partial charge in [-0.3, -0.25) is 4.79 Å². The molecule has 0 N–H and O–H groups in total. The number of hydrogen-bond donors (Lipinski definition) is 0. The Labute approximate surface area is 114 Å². The van der Waals surface area contributed by atoms with Crippen molar-refractivity contribution in [2.45, 2.75) is 44.8 Å². The van der Waals surface area contributed by atoms with Crippen LogP contribution in [0.15, 0.2) is 24.3 Å². The Kier molecular flexibility index (Phi) is 3.31. The zero-order valence-corrected chi connectivity index (χ0v) is 11.6. The maximum absolute atomic E-state index is 12.7. The van der Waals surface area contributed by atoms with Gasteiger partial charge in [0.25, 0.3) is 0 Å². The van der Waals surface area contributed by atoms with Crippen molar-refractivity contribution in [3.05, 3.63) is 35.4 Å². The highest BCUT2D eigenvalue weighted by Crippen LogP contribution is 2.34. The van der Waals surface area contributed by atoms with Crippen LogP contribution in [0.1, 0.15) is 37.3 Å². The quantitative estimate of drug-likeness (QED) is 0.775. The number of morpholine rings is 1. The molecular formula is C16H21NO2. The van der Waals surface area contributed by atoms with Gasteiger partial charge in [-0.1, -0.05) is 24.3 Å². The highest BCUT2D eigenvalue weighted by Gasteiger charge is 2.34. The van der Waals surface area contributed by atoms with Crippen LogP contribution in [-0.4, -0.2) is 36.1 Å². The van der Waals surface area contributed by atoms with Crippen LogP contribution in [0.5, 0.6) is 0 Å². The molecule has 1 heterocycles. The van der Waals surface area contributed by atoms with Gasteiger partial charge in [0.05, 0.1) is 18.1 Å². The SMILES string of the molecule is C[C@@H]1CN(C(=O)[C@H]2CCc3ccccc32)C[C@H](C)O1. The summed E-state index contributed by atoms with van der Waals surface area (Å²) >= 11 is 0. The summed E-state index contributed by atoms with van der Waals surface area (Å²) in [5, 5.41) is 0. The summed E-state index contributed by atoms with van der Waals surface area (Å²) in [7, 11) is 0. The first-order valence-corrected chi connectivity index (χ1v) is 7.17. The van der Waals surface area contributed by atoms with E-state index in [1.807, 2.05) is 24.8 Å². The van der Waals surface area contributed by atoms with Gasteiger partial charge in [-0.15, -0.1) is 0 Å². The van der Waals surface area contributed by atoms with E-state index in [-0.39, 0.29) is 24.0 Å². The molecule has 1 fully saturated rings. The van der Waals surface area contributed by atoms with E-state index in [9.17, 15) is 4.79 Å². The van der Waals surface area contributed by atoms with Crippen molar-refractivity contribution in [2.75, 3.05) is 13.1 Å². The van der Waals surface area contributed by atoms with Gasteiger partial charge in [0.15, 0.2) is 0 Å². The van der Waals surface area contributed by atoms with E-state index >= 15 is 0 Å². The Hall–Kier alpha value is -1.35. The van der Waals surface area contributed by atoms with Crippen molar-refractivity contribution in [3.63, 3.8) is 0 Å². The molecular weight excluding hydrogens is 238 g/mol. The molecule has 0 saturated carbocycles. The minimum atomic E-state index is 0.0636. The predicted molar refractivity (Wildman–Crippen MR) is 74.1 cm³/mol. The van der Waals surface area contributed by atoms with Gasteiger partial charge in [0.2, 0.25) is 5.91 Å². The molecule has 0 aromatic heterocycles. The number of carbonyl (C=O) groups is 1. The Bertz CT molecular complexity index is 475. The van der Waals surface area contributed by atoms with Gasteiger partial charge < -0.3 is 9.64 Å². The first kappa shape index (κ1) is 12.7. The summed E-state index contributed by atoms with van der Waals surface area (Å²) in [6, 6.07) is 8.35. The largest absolute Gasteiger partial charge is 0.372 e. The van der Waals surface area contributed by atoms with E-state index in [2.05, 4.69) is 18.2 Å². The highest BCUT2D eigenvalue weighted by molar-refractivity contribution is 5.85. The normalized spacial score (nSPS) is 30.2. The third-order valence-corrected chi connectivity index (χ3v) is 4.16. The third-order valence-electron chi connectivity index (χ3n) is 4.16. The molecule has 3 atom stereocenters. The van der Waals surface area contributed by atoms with E-state index in [0.717, 1.165) is 25.9 Å². The Morgan fingerprint density at radius 1 is 1.21 bits per heavy atom. The molecule has 0 bridgehead atoms. The molecule has 3 nitrogen and oxygen atoms in total. The molecule has 0 spiro atoms. The van der Waals surface area contributed by atoms with Crippen LogP contribution in [0.25, 0.3) is 0 Å². The van der Waals surface area contributed by atoms with Crippen molar-refractivity contribution < 1.29 is 9.53 Å². The van der Waals surface area contributed by atoms with Gasteiger partial charge in [-0.2, -0.15) is 0 Å². The number of ether oxygens (including phenoxy) is 1. The first-order chi connectivity index (χ1) is 9.15. The van der Waals surface area contributed by atoms with Crippen LogP contribution in [0, 0.1) is 0 Å². The predicted octanol–water partition coefficient (Wildman–Crippen LogP) is 2.35. The number of rotatable bonds is 1. The molecule has 1 amide bonds. The average Bonchev–Trinajstić information content (AvgIpc) is 2.80. The van der Waals surface area contributed by atoms with Crippen molar-refractivity contribution in [1.82, 2.24) is 4.90 Å². The van der Waals surface area contributed by atoms with E-state index in [0.29, 0.717) is 0 Å². The monoisotopic (exact) mass is 259 g/mol. The summed E-state index contributed by atoms with van der Waals surface area (Å²) in [6.07, 6.45) is 2.27. The molecule has 1 aromatic rings. The first-order valence-electron chi connectivity index (χ1n) is 7.17. The Morgan fingerprint density at radius 3 is 2.63 bits per heavy atom. The van der Waals surface area contributed by atoms with Crippen molar-refractivity contribution in [3.8, 4) is 0 Å². The van der Waals surface area contributed by atoms with Crippen molar-refractivity contribution in [1.29, 1.82) is 0 Å². The fraction of sp³-hybridized carbons (Fsp3) is 0.562. The molecule has 1 aliphatic carbocycles. The number of hydrogen-bond acceptors (Lipinski definition) is 2. The fourth-order valence-electron chi connectivity index (χ4n) is 3.39. The van der Waals surface area contributed by atoms with Crippen molar-refractivity contribution in [2.24, 2.45) is 0 Å². The maximum atomic E-state index is 12.7. The summed E-state index contributed by atoms with van der Waals surface area (Å²) < 4.78 is 5.70. The second kappa shape index (κ2) is 4.97. The standard InChI is InChI=1S/C16H21NO2/c1-11-9-17(10-12(2)19-11)16(18)15-8-7-13-5-3-4-6-14(13)15/h3-6,11-12,15H,7-10H2,1-2H3/t11-,12+,15-/m0/s1. The Balaban J connectivity index is 1.78. The summed E-state index contributed by atoms with van der Waals surface area (Å²) in [4.78, 5) is 14.7. The second-order valence-electron chi connectivity index (χ2n) is 5.79. The molecule has 3 rings (SSSR count). The molecule has 1 saturated heterocycles. The van der Waals surface area contributed by atoms with Crippen LogP contribution in [0.2, 0.25) is 0 Å². The minimum absolute atomic E-state index is 0.0636. The molecule has 19 heavy (non-hydrogen) atoms. The lowest BCUT2D eigenvalue weighted by Gasteiger charge is -2.36. The van der Waals surface area contributed by atoms with E-state index in [1.165, 1.54) is 11.1 Å². The fourth-order valence-corrected chi connectivity index (χ4v) is 3.39. The zero-order chi connectivity index (χ0) is 13.4. The van der Waals surface area contributed by atoms with Gasteiger partial charge >= 0.3 is 0 Å². The molecule has 1 aromatic carbocycles. The number of aryl methyl sites for hydroxylation is 1. The molecule has 0 radical (unpaired) electrons. The van der Waals surface area contributed by atoms with Crippen LogP contribution >= 0.6 is 0 Å². The van der Waals surface area contributed by atoms with Crippen LogP contribution in [-0.2, 0) is 16.0 Å². The summed E-state index contributed by atoms with van der Waals surface area (Å²) in [5.74, 6) is 0.348. The topological polar surface area (TPSA) is 29.5 Å². The van der Waals surface area contributed by atoms with E-state index in [1.54, 1.807) is 0 Å². The van der Waals surface area contributed by atoms with E-state index in [4.69, 9.17) is 4.74 Å². The van der Waals surface area contributed by atoms with Gasteiger partial charge in [-0.25, -0.2) is 0 Å². The summed E-state index contributed by atoms with van der Waals surface area (Å²) in [5.41, 5.74) is 2.58. The summed E-state index contributed by atoms with van der Waals surface area (Å²) in [6.45, 7) is 5.53. The highest BCUT2D eigenvalue weighted by atomic mass is 16.5. The van der Waals surface area contributed by atoms with Crippen LogP contribution < -0.4 is 0 Å². The lowest BCUT2D eigenvalue weighted by Crippen LogP contribution is -2.49. The molecule has 2 aliphatic rings. The lowest BCUT2D eigenvalue weighted by atomic mass is 9.99. The number of amides is 1. The van der Waals surface area contributed by atoms with Gasteiger partial charge in [0, 0.05) is 13.1 Å². The number of fused-ring (bicyclic) bond motifs is 1. The number of carbonyl (C=O) groups excluding carboxylic acids is 1.